The Balaban J connectivity index is 0.00000319. The van der Waals surface area contributed by atoms with Crippen LogP contribution in [0.25, 0.3) is 0 Å². The molecule has 3 aliphatic rings. The normalized spacial score (nSPS) is 21.3. The van der Waals surface area contributed by atoms with E-state index in [4.69, 9.17) is 26.2 Å². The second-order valence-corrected chi connectivity index (χ2v) is 17.7. The quantitative estimate of drug-likeness (QED) is 0.170. The van der Waals surface area contributed by atoms with Crippen LogP contribution in [0.4, 0.5) is 4.79 Å². The number of aliphatic hydroxyl groups is 1. The van der Waals surface area contributed by atoms with Crippen LogP contribution >= 0.6 is 11.6 Å². The van der Waals surface area contributed by atoms with Gasteiger partial charge in [-0.3, -0.25) is 14.6 Å². The number of cyclic esters (lactones) is 1. The molecule has 2 heterocycles. The fourth-order valence-corrected chi connectivity index (χ4v) is 8.61. The van der Waals surface area contributed by atoms with Crippen molar-refractivity contribution in [2.24, 2.45) is 17.8 Å². The van der Waals surface area contributed by atoms with E-state index in [2.05, 4.69) is 59.7 Å². The monoisotopic (exact) mass is 788 g/mol. The lowest BCUT2D eigenvalue weighted by molar-refractivity contribution is 0.0513. The Kier molecular flexibility index (Phi) is 16.7. The molecular formula is C41H61ClN4O7S. The molecule has 3 fully saturated rings. The summed E-state index contributed by atoms with van der Waals surface area (Å²) in [6, 6.07) is 12.9. The van der Waals surface area contributed by atoms with Gasteiger partial charge in [-0.15, -0.1) is 0 Å². The van der Waals surface area contributed by atoms with E-state index in [9.17, 15) is 18.0 Å². The van der Waals surface area contributed by atoms with Crippen molar-refractivity contribution in [2.75, 3.05) is 66.6 Å². The molecule has 13 heteroatoms. The number of hydrogen-bond donors (Lipinski definition) is 2. The average molecular weight is 789 g/mol. The largest absolute Gasteiger partial charge is 0.493 e. The second kappa shape index (κ2) is 20.7. The van der Waals surface area contributed by atoms with Gasteiger partial charge in [-0.05, 0) is 112 Å². The van der Waals surface area contributed by atoms with E-state index < -0.39 is 21.2 Å². The van der Waals surface area contributed by atoms with Gasteiger partial charge >= 0.3 is 6.09 Å². The van der Waals surface area contributed by atoms with Gasteiger partial charge in [0.05, 0.1) is 17.9 Å². The van der Waals surface area contributed by atoms with E-state index in [0.717, 1.165) is 70.7 Å². The van der Waals surface area contributed by atoms with E-state index in [1.54, 1.807) is 24.3 Å². The summed E-state index contributed by atoms with van der Waals surface area (Å²) in [5, 5.41) is 7.02. The van der Waals surface area contributed by atoms with Crippen molar-refractivity contribution < 1.29 is 32.6 Å². The number of carbonyl (C=O) groups is 2. The molecule has 5 rings (SSSR count). The molecule has 0 radical (unpaired) electrons. The minimum atomic E-state index is -3.73. The lowest BCUT2D eigenvalue weighted by Gasteiger charge is -2.45. The number of piperazine rings is 1. The highest BCUT2D eigenvalue weighted by molar-refractivity contribution is 7.90. The standard InChI is InChI=1S/C40H57ClN4O6S.CH4O/c1-6-8-10-31(24-44-19-20-45-35(25-44)27-51-40(45)47)38-17-13-32(38)22-43(5)23-33(37-18-14-34(41)21-30(37)9-7-2)26-50-36-15-11-29(12-16-36)39(46)42-52(48,49)28(3)4;1-2/h8,10-12,14-16,18,21,28,31-33,35,38H,6-7,9,13,17,19-20,22-27H2,1-5H3,(H,42,46);2H,1H3/b10-8+;. The van der Waals surface area contributed by atoms with E-state index in [0.29, 0.717) is 36.7 Å². The maximum Gasteiger partial charge on any atom is 0.410 e. The van der Waals surface area contributed by atoms with Crippen LogP contribution in [0.15, 0.2) is 54.6 Å². The van der Waals surface area contributed by atoms with Crippen molar-refractivity contribution >= 4 is 33.6 Å². The zero-order valence-corrected chi connectivity index (χ0v) is 34.4. The average Bonchev–Trinajstić information content (AvgIpc) is 3.51. The molecule has 5 unspecified atom stereocenters. The maximum atomic E-state index is 12.6. The van der Waals surface area contributed by atoms with Gasteiger partial charge in [-0.1, -0.05) is 50.1 Å². The fraction of sp³-hybridized carbons (Fsp3) is 0.610. The fourth-order valence-electron chi connectivity index (χ4n) is 7.81. The summed E-state index contributed by atoms with van der Waals surface area (Å²) in [4.78, 5) is 31.5. The molecule has 2 amide bonds. The highest BCUT2D eigenvalue weighted by Gasteiger charge is 2.41. The first kappa shape index (κ1) is 43.6. The summed E-state index contributed by atoms with van der Waals surface area (Å²) in [6.07, 6.45) is 9.97. The Labute approximate surface area is 328 Å². The van der Waals surface area contributed by atoms with Crippen LogP contribution in [-0.4, -0.2) is 118 Å². The van der Waals surface area contributed by atoms with E-state index in [-0.39, 0.29) is 23.6 Å². The van der Waals surface area contributed by atoms with Crippen LogP contribution in [-0.2, 0) is 21.2 Å². The predicted molar refractivity (Wildman–Crippen MR) is 215 cm³/mol. The van der Waals surface area contributed by atoms with Gasteiger partial charge in [-0.2, -0.15) is 0 Å². The van der Waals surface area contributed by atoms with Gasteiger partial charge in [0, 0.05) is 62.9 Å². The molecule has 1 saturated carbocycles. The molecule has 2 N–H and O–H groups in total. The van der Waals surface area contributed by atoms with Gasteiger partial charge < -0.3 is 19.5 Å². The Morgan fingerprint density at radius 2 is 1.87 bits per heavy atom. The number of nitrogens with one attached hydrogen (secondary N) is 1. The van der Waals surface area contributed by atoms with Crippen LogP contribution in [0.5, 0.6) is 5.75 Å². The summed E-state index contributed by atoms with van der Waals surface area (Å²) in [7, 11) is -0.516. The molecule has 0 aromatic heterocycles. The van der Waals surface area contributed by atoms with E-state index in [1.165, 1.54) is 37.8 Å². The number of ether oxygens (including phenoxy) is 2. The first-order chi connectivity index (χ1) is 25.9. The topological polar surface area (TPSA) is 129 Å². The second-order valence-electron chi connectivity index (χ2n) is 15.1. The summed E-state index contributed by atoms with van der Waals surface area (Å²) >= 11 is 6.47. The molecule has 5 atom stereocenters. The molecular weight excluding hydrogens is 728 g/mol. The lowest BCUT2D eigenvalue weighted by atomic mass is 9.66. The first-order valence-corrected chi connectivity index (χ1v) is 21.3. The Bertz CT molecular complexity index is 1650. The van der Waals surface area contributed by atoms with Crippen LogP contribution in [0, 0.1) is 17.8 Å². The number of sulfonamides is 1. The van der Waals surface area contributed by atoms with Crippen LogP contribution in [0.1, 0.15) is 80.8 Å². The lowest BCUT2D eigenvalue weighted by Crippen LogP contribution is -2.54. The number of fused-ring (bicyclic) bond motifs is 1. The molecule has 1 aliphatic carbocycles. The van der Waals surface area contributed by atoms with Crippen molar-refractivity contribution in [1.82, 2.24) is 19.4 Å². The van der Waals surface area contributed by atoms with Gasteiger partial charge in [0.25, 0.3) is 5.91 Å². The number of rotatable bonds is 18. The number of nitrogens with zero attached hydrogens (tertiary/aromatic N) is 3. The number of allylic oxidation sites excluding steroid dienone is 1. The summed E-state index contributed by atoms with van der Waals surface area (Å²) in [5.41, 5.74) is 2.72. The van der Waals surface area contributed by atoms with Crippen molar-refractivity contribution in [3.05, 3.63) is 76.3 Å². The molecule has 11 nitrogen and oxygen atoms in total. The van der Waals surface area contributed by atoms with E-state index >= 15 is 0 Å². The number of likely N-dealkylation sites (N-methyl/N-ethyl adjacent to an activating group) is 1. The molecule has 54 heavy (non-hydrogen) atoms. The number of carbonyl (C=O) groups excluding carboxylic acids is 2. The van der Waals surface area contributed by atoms with E-state index in [1.807, 2.05) is 11.0 Å². The van der Waals surface area contributed by atoms with Crippen molar-refractivity contribution in [3.8, 4) is 5.75 Å². The third-order valence-electron chi connectivity index (χ3n) is 10.9. The number of hydrogen-bond acceptors (Lipinski definition) is 9. The third kappa shape index (κ3) is 11.7. The minimum Gasteiger partial charge on any atom is -0.493 e. The Morgan fingerprint density at radius 1 is 1.13 bits per heavy atom. The first-order valence-electron chi connectivity index (χ1n) is 19.4. The summed E-state index contributed by atoms with van der Waals surface area (Å²) in [6.45, 7) is 13.7. The summed E-state index contributed by atoms with van der Waals surface area (Å²) < 4.78 is 38.2. The predicted octanol–water partition coefficient (Wildman–Crippen LogP) is 6.21. The number of halogens is 1. The zero-order chi connectivity index (χ0) is 39.4. The van der Waals surface area contributed by atoms with Gasteiger partial charge in [0.1, 0.15) is 12.4 Å². The van der Waals surface area contributed by atoms with Gasteiger partial charge in [0.15, 0.2) is 0 Å². The molecule has 2 aliphatic heterocycles. The van der Waals surface area contributed by atoms with Crippen molar-refractivity contribution in [1.29, 1.82) is 0 Å². The van der Waals surface area contributed by atoms with Crippen molar-refractivity contribution in [2.45, 2.75) is 77.0 Å². The number of aryl methyl sites for hydroxylation is 1. The smallest absolute Gasteiger partial charge is 0.410 e. The van der Waals surface area contributed by atoms with Crippen LogP contribution < -0.4 is 9.46 Å². The Hall–Kier alpha value is -3.16. The minimum absolute atomic E-state index is 0.0740. The third-order valence-corrected chi connectivity index (χ3v) is 12.8. The van der Waals surface area contributed by atoms with Crippen LogP contribution in [0.2, 0.25) is 5.02 Å². The van der Waals surface area contributed by atoms with Gasteiger partial charge in [-0.25, -0.2) is 17.9 Å². The molecule has 2 aromatic rings. The molecule has 2 saturated heterocycles. The SMILES string of the molecule is CC/C=C/C(CN1CCN2C(=O)OCC2C1)C1CCC1CN(C)CC(COc1ccc(C(=O)NS(=O)(=O)C(C)C)cc1)c1ccc(Cl)cc1CCC.CO. The number of aliphatic hydroxyl groups excluding tert-OH is 1. The molecule has 0 bridgehead atoms. The molecule has 2 aromatic carbocycles. The zero-order valence-electron chi connectivity index (χ0n) is 32.9. The number of amides is 2. The highest BCUT2D eigenvalue weighted by Crippen LogP contribution is 2.42. The molecule has 300 valence electrons. The van der Waals surface area contributed by atoms with Crippen LogP contribution in [0.3, 0.4) is 0 Å². The maximum absolute atomic E-state index is 12.6. The highest BCUT2D eigenvalue weighted by atomic mass is 35.5. The van der Waals surface area contributed by atoms with Crippen molar-refractivity contribution in [3.63, 3.8) is 0 Å². The number of benzene rings is 2. The Morgan fingerprint density at radius 3 is 2.52 bits per heavy atom. The summed E-state index contributed by atoms with van der Waals surface area (Å²) in [5.74, 6) is 1.70. The van der Waals surface area contributed by atoms with Gasteiger partial charge in [0.2, 0.25) is 10.0 Å². The molecule has 0 spiro atoms.